The summed E-state index contributed by atoms with van der Waals surface area (Å²) in [6.45, 7) is 0.487. The Bertz CT molecular complexity index is 1520. The van der Waals surface area contributed by atoms with Gasteiger partial charge in [0.05, 0.1) is 32.4 Å². The zero-order chi connectivity index (χ0) is 36.6. The lowest BCUT2D eigenvalue weighted by Crippen LogP contribution is -2.53. The van der Waals surface area contributed by atoms with Crippen LogP contribution in [0.4, 0.5) is 13.9 Å². The predicted molar refractivity (Wildman–Crippen MR) is 166 cm³/mol. The van der Waals surface area contributed by atoms with Crippen LogP contribution in [0.3, 0.4) is 0 Å². The van der Waals surface area contributed by atoms with Crippen LogP contribution in [0.2, 0.25) is 0 Å². The summed E-state index contributed by atoms with van der Waals surface area (Å²) in [7, 11) is 0. The predicted octanol–water partition coefficient (Wildman–Crippen LogP) is 4.33. The lowest BCUT2D eigenvalue weighted by molar-refractivity contribution is -0.153. The van der Waals surface area contributed by atoms with Gasteiger partial charge in [-0.25, -0.2) is 13.8 Å². The first kappa shape index (κ1) is 27.2. The van der Waals surface area contributed by atoms with Crippen molar-refractivity contribution in [2.75, 3.05) is 31.5 Å². The molecular formula is C31H45F2N7O4S. The van der Waals surface area contributed by atoms with Gasteiger partial charge in [-0.2, -0.15) is 5.10 Å². The van der Waals surface area contributed by atoms with Crippen LogP contribution in [0.5, 0.6) is 0 Å². The highest BCUT2D eigenvalue weighted by molar-refractivity contribution is 7.15. The van der Waals surface area contributed by atoms with Crippen molar-refractivity contribution in [2.45, 2.75) is 103 Å². The standard InChI is InChI=1S/C31H45F2N7O4S/c1-5-40-23(11-13-35-40)28(42)36-27(22-8-6-19(2)7-9-22)29(43)37-30-34-14-25(45-30)24(17-38-15-20(3)44-21(4)16-38)39-18-31(32,33)12-10-26(39)41/h11,13-14,19-22,24,27H,5-10,12,15-18H2,1-4H3,(H,36,42)(H,34,37,43)/t19?,20-,21-,22?,24-,27+/m1/s1/i1D3,5D2. The lowest BCUT2D eigenvalue weighted by atomic mass is 9.79. The van der Waals surface area contributed by atoms with Crippen LogP contribution in [0.15, 0.2) is 18.5 Å². The summed E-state index contributed by atoms with van der Waals surface area (Å²) in [4.78, 5) is 48.7. The number of aromatic nitrogens is 3. The van der Waals surface area contributed by atoms with E-state index < -0.39 is 56.1 Å². The molecule has 11 nitrogen and oxygen atoms in total. The van der Waals surface area contributed by atoms with Gasteiger partial charge in [0, 0.05) is 55.5 Å². The van der Waals surface area contributed by atoms with Gasteiger partial charge in [0.15, 0.2) is 5.13 Å². The highest BCUT2D eigenvalue weighted by Crippen LogP contribution is 2.37. The Hall–Kier alpha value is -2.97. The third kappa shape index (κ3) is 8.25. The van der Waals surface area contributed by atoms with Crippen LogP contribution in [-0.4, -0.2) is 92.6 Å². The van der Waals surface area contributed by atoms with Crippen LogP contribution in [0, 0.1) is 11.8 Å². The summed E-state index contributed by atoms with van der Waals surface area (Å²) in [5.41, 5.74) is -0.359. The van der Waals surface area contributed by atoms with Gasteiger partial charge in [-0.05, 0) is 51.4 Å². The van der Waals surface area contributed by atoms with Gasteiger partial charge >= 0.3 is 0 Å². The number of amides is 3. The molecule has 0 unspecified atom stereocenters. The van der Waals surface area contributed by atoms with E-state index in [1.807, 2.05) is 13.8 Å². The molecule has 0 aromatic carbocycles. The van der Waals surface area contributed by atoms with Gasteiger partial charge in [0.25, 0.3) is 11.8 Å². The molecule has 0 radical (unpaired) electrons. The van der Waals surface area contributed by atoms with E-state index in [2.05, 4.69) is 32.5 Å². The van der Waals surface area contributed by atoms with Gasteiger partial charge < -0.3 is 20.3 Å². The number of rotatable bonds is 10. The van der Waals surface area contributed by atoms with Crippen molar-refractivity contribution in [3.05, 3.63) is 29.0 Å². The topological polar surface area (TPSA) is 122 Å². The maximum absolute atomic E-state index is 14.6. The van der Waals surface area contributed by atoms with Crippen molar-refractivity contribution in [1.82, 2.24) is 29.9 Å². The molecule has 4 atom stereocenters. The first-order valence-corrected chi connectivity index (χ1v) is 16.3. The second-order valence-corrected chi connectivity index (χ2v) is 13.7. The Labute approximate surface area is 274 Å². The Kier molecular flexibility index (Phi) is 8.58. The van der Waals surface area contributed by atoms with E-state index in [4.69, 9.17) is 11.6 Å². The molecule has 0 spiro atoms. The molecule has 2 aromatic rings. The molecule has 2 saturated heterocycles. The van der Waals surface area contributed by atoms with Gasteiger partial charge in [-0.3, -0.25) is 24.0 Å². The normalized spacial score (nSPS) is 29.4. The van der Waals surface area contributed by atoms with Crippen LogP contribution < -0.4 is 10.6 Å². The Morgan fingerprint density at radius 1 is 1.22 bits per heavy atom. The van der Waals surface area contributed by atoms with E-state index in [-0.39, 0.29) is 47.8 Å². The molecule has 14 heteroatoms. The minimum absolute atomic E-state index is 0.0881. The molecule has 2 N–H and O–H groups in total. The van der Waals surface area contributed by atoms with E-state index in [0.29, 0.717) is 41.4 Å². The molecule has 1 aliphatic carbocycles. The van der Waals surface area contributed by atoms with Gasteiger partial charge in [0.2, 0.25) is 11.8 Å². The molecule has 2 aliphatic heterocycles. The molecule has 2 aromatic heterocycles. The second-order valence-electron chi connectivity index (χ2n) is 12.6. The molecule has 1 saturated carbocycles. The molecule has 248 valence electrons. The number of nitrogens with one attached hydrogen (secondary N) is 2. The number of thiazole rings is 1. The number of carbonyl (C=O) groups is 3. The van der Waals surface area contributed by atoms with E-state index in [9.17, 15) is 23.2 Å². The summed E-state index contributed by atoms with van der Waals surface area (Å²) < 4.78 is 74.7. The zero-order valence-corrected chi connectivity index (χ0v) is 26.6. The summed E-state index contributed by atoms with van der Waals surface area (Å²) in [6.07, 6.45) is 4.51. The number of hydrogen-bond donors (Lipinski definition) is 2. The molecule has 0 bridgehead atoms. The number of aryl methyl sites for hydroxylation is 1. The summed E-state index contributed by atoms with van der Waals surface area (Å²) in [5.74, 6) is -4.73. The molecule has 3 aliphatic rings. The first-order valence-electron chi connectivity index (χ1n) is 18.0. The summed E-state index contributed by atoms with van der Waals surface area (Å²) >= 11 is 1.07. The fourth-order valence-electron chi connectivity index (χ4n) is 6.63. The average molecular weight is 655 g/mol. The Balaban J connectivity index is 1.38. The van der Waals surface area contributed by atoms with Crippen molar-refractivity contribution in [3.8, 4) is 0 Å². The zero-order valence-electron chi connectivity index (χ0n) is 30.8. The maximum atomic E-state index is 14.6. The van der Waals surface area contributed by atoms with E-state index >= 15 is 0 Å². The molecular weight excluding hydrogens is 604 g/mol. The van der Waals surface area contributed by atoms with Gasteiger partial charge in [-0.15, -0.1) is 0 Å². The SMILES string of the molecule is [2H]C([2H])([2H])C([2H])([2H])n1nccc1C(=O)N[C@H](C(=O)Nc1ncc([C@@H](CN2C[C@@H](C)O[C@H](C)C2)N2CC(F)(F)CCC2=O)s1)C1CCC(C)CC1. The average Bonchev–Trinajstić information content (AvgIpc) is 3.70. The first-order chi connectivity index (χ1) is 23.3. The quantitative estimate of drug-likeness (QED) is 0.391. The third-order valence-electron chi connectivity index (χ3n) is 8.89. The Morgan fingerprint density at radius 2 is 1.96 bits per heavy atom. The maximum Gasteiger partial charge on any atom is 0.270 e. The number of likely N-dealkylation sites (tertiary alicyclic amines) is 1. The number of ether oxygens (including phenoxy) is 1. The smallest absolute Gasteiger partial charge is 0.270 e. The summed E-state index contributed by atoms with van der Waals surface area (Å²) in [6, 6.07) is -0.650. The number of halogens is 2. The fourth-order valence-corrected chi connectivity index (χ4v) is 7.56. The third-order valence-corrected chi connectivity index (χ3v) is 9.91. The highest BCUT2D eigenvalue weighted by Gasteiger charge is 2.43. The highest BCUT2D eigenvalue weighted by atomic mass is 32.1. The number of piperidine rings is 1. The lowest BCUT2D eigenvalue weighted by Gasteiger charge is -2.42. The van der Waals surface area contributed by atoms with Crippen LogP contribution in [0.25, 0.3) is 0 Å². The van der Waals surface area contributed by atoms with Crippen molar-refractivity contribution in [3.63, 3.8) is 0 Å². The molecule has 45 heavy (non-hydrogen) atoms. The van der Waals surface area contributed by atoms with Crippen LogP contribution >= 0.6 is 11.3 Å². The van der Waals surface area contributed by atoms with Gasteiger partial charge in [-0.1, -0.05) is 31.1 Å². The van der Waals surface area contributed by atoms with E-state index in [1.165, 1.54) is 17.2 Å². The molecule has 3 fully saturated rings. The van der Waals surface area contributed by atoms with Crippen LogP contribution in [-0.2, 0) is 20.8 Å². The molecule has 4 heterocycles. The van der Waals surface area contributed by atoms with Crippen molar-refractivity contribution in [1.29, 1.82) is 0 Å². The number of hydrogen-bond acceptors (Lipinski definition) is 8. The monoisotopic (exact) mass is 654 g/mol. The number of carbonyl (C=O) groups excluding carboxylic acids is 3. The van der Waals surface area contributed by atoms with E-state index in [1.54, 1.807) is 0 Å². The fraction of sp³-hybridized carbons (Fsp3) is 0.710. The molecule has 3 amide bonds. The Morgan fingerprint density at radius 3 is 2.67 bits per heavy atom. The number of alkyl halides is 2. The van der Waals surface area contributed by atoms with Crippen molar-refractivity contribution in [2.24, 2.45) is 11.8 Å². The summed E-state index contributed by atoms with van der Waals surface area (Å²) in [5, 5.41) is 9.40. The van der Waals surface area contributed by atoms with Crippen molar-refractivity contribution >= 4 is 34.2 Å². The number of morpholine rings is 1. The van der Waals surface area contributed by atoms with Crippen molar-refractivity contribution < 1.29 is 34.8 Å². The van der Waals surface area contributed by atoms with Gasteiger partial charge in [0.1, 0.15) is 11.7 Å². The largest absolute Gasteiger partial charge is 0.373 e. The minimum atomic E-state index is -3.13. The van der Waals surface area contributed by atoms with Crippen LogP contribution in [0.1, 0.15) is 94.4 Å². The molecule has 5 rings (SSSR count). The minimum Gasteiger partial charge on any atom is -0.373 e. The number of nitrogens with zero attached hydrogens (tertiary/aromatic N) is 5. The number of anilines is 1. The van der Waals surface area contributed by atoms with E-state index in [0.717, 1.165) is 30.4 Å². The second kappa shape index (κ2) is 14.2.